The van der Waals surface area contributed by atoms with Gasteiger partial charge in [-0.3, -0.25) is 4.90 Å². The minimum atomic E-state index is 0.796. The lowest BCUT2D eigenvalue weighted by Crippen LogP contribution is -2.33. The molecule has 0 aromatic heterocycles. The van der Waals surface area contributed by atoms with Gasteiger partial charge in [-0.15, -0.1) is 0 Å². The summed E-state index contributed by atoms with van der Waals surface area (Å²) in [4.78, 5) is 2.52. The van der Waals surface area contributed by atoms with Crippen molar-refractivity contribution in [3.8, 4) is 5.75 Å². The van der Waals surface area contributed by atoms with Gasteiger partial charge in [0.05, 0.1) is 0 Å². The smallest absolute Gasteiger partial charge is 0.126 e. The van der Waals surface area contributed by atoms with Crippen LogP contribution in [0.15, 0.2) is 18.2 Å². The maximum absolute atomic E-state index is 6.09. The first-order valence-corrected chi connectivity index (χ1v) is 7.95. The second-order valence-electron chi connectivity index (χ2n) is 5.59. The predicted octanol–water partition coefficient (Wildman–Crippen LogP) is 2.97. The highest BCUT2D eigenvalue weighted by Crippen LogP contribution is 2.23. The molecule has 0 spiro atoms. The van der Waals surface area contributed by atoms with Crippen LogP contribution in [0.3, 0.4) is 0 Å². The van der Waals surface area contributed by atoms with Crippen LogP contribution in [0.25, 0.3) is 0 Å². The molecule has 1 aliphatic rings. The fraction of sp³-hybridized carbons (Fsp3) is 0.647. The minimum Gasteiger partial charge on any atom is -0.492 e. The van der Waals surface area contributed by atoms with Crippen LogP contribution in [0, 0.1) is 6.92 Å². The number of ether oxygens (including phenoxy) is 1. The molecular weight excluding hydrogens is 248 g/mol. The highest BCUT2D eigenvalue weighted by Gasteiger charge is 2.11. The van der Waals surface area contributed by atoms with Crippen LogP contribution in [-0.2, 0) is 6.54 Å². The molecule has 0 radical (unpaired) electrons. The number of aryl methyl sites for hydroxylation is 1. The molecule has 1 fully saturated rings. The van der Waals surface area contributed by atoms with Crippen LogP contribution in [0.2, 0.25) is 0 Å². The zero-order chi connectivity index (χ0) is 14.2. The highest BCUT2D eigenvalue weighted by atomic mass is 16.5. The molecule has 2 rings (SSSR count). The molecule has 0 unspecified atom stereocenters. The maximum Gasteiger partial charge on any atom is 0.126 e. The second-order valence-corrected chi connectivity index (χ2v) is 5.59. The molecule has 0 amide bonds. The number of piperidine rings is 1. The van der Waals surface area contributed by atoms with Crippen LogP contribution in [-0.4, -0.2) is 37.7 Å². The van der Waals surface area contributed by atoms with E-state index in [1.54, 1.807) is 0 Å². The van der Waals surface area contributed by atoms with E-state index in [-0.39, 0.29) is 0 Å². The van der Waals surface area contributed by atoms with Gasteiger partial charge in [-0.2, -0.15) is 0 Å². The number of rotatable bonds is 7. The first-order chi connectivity index (χ1) is 9.81. The van der Waals surface area contributed by atoms with Crippen molar-refractivity contribution < 1.29 is 4.74 Å². The molecule has 1 heterocycles. The van der Waals surface area contributed by atoms with E-state index in [9.17, 15) is 0 Å². The third-order valence-corrected chi connectivity index (χ3v) is 3.96. The Morgan fingerprint density at radius 3 is 2.75 bits per heavy atom. The monoisotopic (exact) mass is 276 g/mol. The lowest BCUT2D eigenvalue weighted by molar-refractivity contribution is 0.182. The summed E-state index contributed by atoms with van der Waals surface area (Å²) in [5.41, 5.74) is 2.50. The molecule has 1 aromatic carbocycles. The summed E-state index contributed by atoms with van der Waals surface area (Å²) in [5.74, 6) is 1.07. The van der Waals surface area contributed by atoms with Crippen LogP contribution < -0.4 is 10.1 Å². The van der Waals surface area contributed by atoms with Crippen LogP contribution in [0.1, 0.15) is 37.3 Å². The number of nitrogens with one attached hydrogen (secondary N) is 1. The van der Waals surface area contributed by atoms with Gasteiger partial charge in [-0.1, -0.05) is 31.5 Å². The van der Waals surface area contributed by atoms with E-state index < -0.39 is 0 Å². The lowest BCUT2D eigenvalue weighted by Gasteiger charge is -2.26. The first-order valence-electron chi connectivity index (χ1n) is 7.95. The minimum absolute atomic E-state index is 0.796. The molecule has 0 bridgehead atoms. The normalized spacial score (nSPS) is 16.3. The number of hydrogen-bond acceptors (Lipinski definition) is 3. The van der Waals surface area contributed by atoms with Crippen molar-refractivity contribution in [1.82, 2.24) is 10.2 Å². The van der Waals surface area contributed by atoms with Gasteiger partial charge < -0.3 is 10.1 Å². The topological polar surface area (TPSA) is 24.5 Å². The molecule has 112 valence electrons. The SMILES string of the molecule is CCNCc1cccc(C)c1OCCN1CCCCC1. The van der Waals surface area contributed by atoms with E-state index in [4.69, 9.17) is 4.74 Å². The molecule has 1 aromatic rings. The molecule has 0 atom stereocenters. The molecule has 1 saturated heterocycles. The Balaban J connectivity index is 1.87. The lowest BCUT2D eigenvalue weighted by atomic mass is 10.1. The van der Waals surface area contributed by atoms with Crippen LogP contribution in [0.5, 0.6) is 5.75 Å². The Morgan fingerprint density at radius 2 is 2.00 bits per heavy atom. The summed E-state index contributed by atoms with van der Waals surface area (Å²) >= 11 is 0. The van der Waals surface area contributed by atoms with Gasteiger partial charge >= 0.3 is 0 Å². The summed E-state index contributed by atoms with van der Waals surface area (Å²) in [6.45, 7) is 10.5. The van der Waals surface area contributed by atoms with Gasteiger partial charge in [0.1, 0.15) is 12.4 Å². The second kappa shape index (κ2) is 8.28. The van der Waals surface area contributed by atoms with Gasteiger partial charge in [-0.05, 0) is 45.0 Å². The van der Waals surface area contributed by atoms with E-state index in [2.05, 4.69) is 42.3 Å². The number of hydrogen-bond donors (Lipinski definition) is 1. The van der Waals surface area contributed by atoms with E-state index in [1.165, 1.54) is 43.5 Å². The van der Waals surface area contributed by atoms with E-state index >= 15 is 0 Å². The van der Waals surface area contributed by atoms with Crippen molar-refractivity contribution in [2.45, 2.75) is 39.7 Å². The number of benzene rings is 1. The Hall–Kier alpha value is -1.06. The summed E-state index contributed by atoms with van der Waals surface area (Å²) < 4.78 is 6.09. The summed E-state index contributed by atoms with van der Waals surface area (Å²) in [5, 5.41) is 3.38. The summed E-state index contributed by atoms with van der Waals surface area (Å²) in [6, 6.07) is 6.40. The van der Waals surface area contributed by atoms with Crippen molar-refractivity contribution in [2.24, 2.45) is 0 Å². The zero-order valence-corrected chi connectivity index (χ0v) is 13.0. The Labute approximate surface area is 123 Å². The standard InChI is InChI=1S/C17H28N2O/c1-3-18-14-16-9-7-8-15(2)17(16)20-13-12-19-10-5-4-6-11-19/h7-9,18H,3-6,10-14H2,1-2H3. The number of nitrogens with zero attached hydrogens (tertiary/aromatic N) is 1. The molecule has 0 saturated carbocycles. The van der Waals surface area contributed by atoms with Crippen LogP contribution in [0.4, 0.5) is 0 Å². The number of likely N-dealkylation sites (tertiary alicyclic amines) is 1. The van der Waals surface area contributed by atoms with Crippen molar-refractivity contribution >= 4 is 0 Å². The quantitative estimate of drug-likeness (QED) is 0.828. The third-order valence-electron chi connectivity index (χ3n) is 3.96. The Kier molecular flexibility index (Phi) is 6.34. The molecule has 0 aliphatic carbocycles. The fourth-order valence-electron chi connectivity index (χ4n) is 2.78. The number of para-hydroxylation sites is 1. The zero-order valence-electron chi connectivity index (χ0n) is 13.0. The molecule has 3 nitrogen and oxygen atoms in total. The Bertz CT molecular complexity index is 400. The molecule has 3 heteroatoms. The van der Waals surface area contributed by atoms with Gasteiger partial charge in [0.15, 0.2) is 0 Å². The summed E-state index contributed by atoms with van der Waals surface area (Å²) in [6.07, 6.45) is 4.08. The summed E-state index contributed by atoms with van der Waals surface area (Å²) in [7, 11) is 0. The average Bonchev–Trinajstić information content (AvgIpc) is 2.48. The van der Waals surface area contributed by atoms with Crippen molar-refractivity contribution in [2.75, 3.05) is 32.8 Å². The highest BCUT2D eigenvalue weighted by molar-refractivity contribution is 5.40. The average molecular weight is 276 g/mol. The molecule has 20 heavy (non-hydrogen) atoms. The predicted molar refractivity (Wildman–Crippen MR) is 84.3 cm³/mol. The van der Waals surface area contributed by atoms with Gasteiger partial charge in [-0.25, -0.2) is 0 Å². The molecular formula is C17H28N2O. The van der Waals surface area contributed by atoms with Gasteiger partial charge in [0, 0.05) is 18.7 Å². The van der Waals surface area contributed by atoms with Crippen molar-refractivity contribution in [3.63, 3.8) is 0 Å². The molecule has 1 aliphatic heterocycles. The van der Waals surface area contributed by atoms with Gasteiger partial charge in [0.25, 0.3) is 0 Å². The van der Waals surface area contributed by atoms with Crippen molar-refractivity contribution in [3.05, 3.63) is 29.3 Å². The van der Waals surface area contributed by atoms with E-state index in [0.29, 0.717) is 0 Å². The van der Waals surface area contributed by atoms with Gasteiger partial charge in [0.2, 0.25) is 0 Å². The van der Waals surface area contributed by atoms with E-state index in [1.807, 2.05) is 0 Å². The third kappa shape index (κ3) is 4.50. The molecule has 1 N–H and O–H groups in total. The first kappa shape index (κ1) is 15.3. The fourth-order valence-corrected chi connectivity index (χ4v) is 2.78. The maximum atomic E-state index is 6.09. The Morgan fingerprint density at radius 1 is 1.20 bits per heavy atom. The van der Waals surface area contributed by atoms with Crippen LogP contribution >= 0.6 is 0 Å². The van der Waals surface area contributed by atoms with Crippen molar-refractivity contribution in [1.29, 1.82) is 0 Å². The van der Waals surface area contributed by atoms with E-state index in [0.717, 1.165) is 32.0 Å². The largest absolute Gasteiger partial charge is 0.492 e.